The van der Waals surface area contributed by atoms with Crippen LogP contribution in [-0.2, 0) is 89.3 Å². The molecular weight excluding hydrogens is 686 g/mol. The molecule has 20 nitrogen and oxygen atoms in total. The normalized spacial score (nSPS) is 29.6. The van der Waals surface area contributed by atoms with Gasteiger partial charge in [-0.25, -0.2) is 9.48 Å². The molecule has 0 saturated carbocycles. The van der Waals surface area contributed by atoms with Crippen LogP contribution in [0.15, 0.2) is 6.20 Å². The maximum absolute atomic E-state index is 12.4. The van der Waals surface area contributed by atoms with Crippen molar-refractivity contribution >= 4 is 35.8 Å². The molecule has 51 heavy (non-hydrogen) atoms. The second-order valence-electron chi connectivity index (χ2n) is 11.8. The molecule has 5 unspecified atom stereocenters. The number of nitrogens with zero attached hydrogens (tertiary/aromatic N) is 3. The van der Waals surface area contributed by atoms with Gasteiger partial charge in [-0.15, -0.1) is 5.10 Å². The zero-order valence-electron chi connectivity index (χ0n) is 29.6. The van der Waals surface area contributed by atoms with Crippen LogP contribution in [0, 0.1) is 5.92 Å². The van der Waals surface area contributed by atoms with Gasteiger partial charge in [-0.3, -0.25) is 24.0 Å². The van der Waals surface area contributed by atoms with Crippen molar-refractivity contribution < 1.29 is 81.2 Å². The van der Waals surface area contributed by atoms with E-state index in [1.165, 1.54) is 17.8 Å². The lowest BCUT2D eigenvalue weighted by atomic mass is 9.89. The van der Waals surface area contributed by atoms with Gasteiger partial charge in [0.1, 0.15) is 43.3 Å². The molecule has 2 aliphatic rings. The van der Waals surface area contributed by atoms with Gasteiger partial charge in [0.15, 0.2) is 30.9 Å². The molecule has 0 amide bonds. The largest absolute Gasteiger partial charge is 0.463 e. The topological polar surface area (TPSA) is 246 Å². The number of rotatable bonds is 15. The first-order valence-corrected chi connectivity index (χ1v) is 16.1. The van der Waals surface area contributed by atoms with Crippen LogP contribution in [0.25, 0.3) is 0 Å². The molecule has 286 valence electrons. The zero-order valence-corrected chi connectivity index (χ0v) is 29.6. The van der Waals surface area contributed by atoms with Crippen molar-refractivity contribution in [3.05, 3.63) is 11.9 Å². The minimum atomic E-state index is -1.58. The van der Waals surface area contributed by atoms with E-state index in [-0.39, 0.29) is 25.5 Å². The van der Waals surface area contributed by atoms with E-state index in [9.17, 15) is 33.9 Å². The number of carbonyl (C=O) groups excluding carboxylic acids is 6. The third-order valence-electron chi connectivity index (χ3n) is 7.53. The van der Waals surface area contributed by atoms with Crippen LogP contribution in [0.1, 0.15) is 61.1 Å². The van der Waals surface area contributed by atoms with E-state index in [2.05, 4.69) is 10.3 Å². The summed E-state index contributed by atoms with van der Waals surface area (Å²) in [4.78, 5) is 72.9. The highest BCUT2D eigenvalue weighted by Gasteiger charge is 2.56. The van der Waals surface area contributed by atoms with Gasteiger partial charge in [0.2, 0.25) is 0 Å². The van der Waals surface area contributed by atoms with E-state index in [1.54, 1.807) is 13.8 Å². The summed E-state index contributed by atoms with van der Waals surface area (Å²) in [6.45, 7) is 9.55. The lowest BCUT2D eigenvalue weighted by Crippen LogP contribution is -2.65. The standard InChI is InChI=1S/C31H45N3O17/c1-9-42-30-28(48-20(8)40)26(46-18(6)38)25(23(50-30)13-43-16(4)36)51-31-27(47-19(7)39)24(45-17(5)37)14(2)22(49-31)11-34-10-21(32-33-34)12-44-29(41)15(3)35/h10,14-15,22-28,30-31,35H,9,11-13H2,1-8H3/t14-,15?,22?,23?,24?,25-,26?,27+,28+,30+,31-/m1/s1. The van der Waals surface area contributed by atoms with Crippen LogP contribution in [0.5, 0.6) is 0 Å². The quantitative estimate of drug-likeness (QED) is 0.176. The van der Waals surface area contributed by atoms with E-state index in [0.717, 1.165) is 34.6 Å². The number of hydrogen-bond acceptors (Lipinski definition) is 19. The fourth-order valence-corrected chi connectivity index (χ4v) is 5.45. The molecule has 0 aliphatic carbocycles. The number of aliphatic hydroxyl groups excluding tert-OH is 1. The molecule has 3 rings (SSSR count). The number of esters is 6. The summed E-state index contributed by atoms with van der Waals surface area (Å²) >= 11 is 0. The number of hydrogen-bond donors (Lipinski definition) is 1. The van der Waals surface area contributed by atoms with Crippen LogP contribution in [0.3, 0.4) is 0 Å². The van der Waals surface area contributed by atoms with Crippen LogP contribution < -0.4 is 0 Å². The Balaban J connectivity index is 2.05. The molecule has 2 saturated heterocycles. The van der Waals surface area contributed by atoms with Gasteiger partial charge in [0.25, 0.3) is 0 Å². The number of carbonyl (C=O) groups is 6. The molecule has 1 aromatic rings. The molecule has 0 spiro atoms. The first kappa shape index (κ1) is 41.2. The van der Waals surface area contributed by atoms with Crippen LogP contribution >= 0.6 is 0 Å². The van der Waals surface area contributed by atoms with Gasteiger partial charge in [-0.05, 0) is 13.8 Å². The van der Waals surface area contributed by atoms with Gasteiger partial charge < -0.3 is 52.5 Å². The Morgan fingerprint density at radius 2 is 1.33 bits per heavy atom. The molecule has 0 aromatic carbocycles. The summed E-state index contributed by atoms with van der Waals surface area (Å²) in [5.74, 6) is -5.30. The highest BCUT2D eigenvalue weighted by atomic mass is 16.8. The van der Waals surface area contributed by atoms with Crippen molar-refractivity contribution in [2.75, 3.05) is 13.2 Å². The number of aromatic nitrogens is 3. The maximum atomic E-state index is 12.4. The van der Waals surface area contributed by atoms with Crippen LogP contribution in [0.4, 0.5) is 0 Å². The Hall–Kier alpha value is -4.24. The second kappa shape index (κ2) is 18.8. The Kier molecular flexibility index (Phi) is 15.2. The van der Waals surface area contributed by atoms with E-state index in [0.29, 0.717) is 0 Å². The molecule has 2 aliphatic heterocycles. The van der Waals surface area contributed by atoms with Crippen molar-refractivity contribution in [1.29, 1.82) is 0 Å². The van der Waals surface area contributed by atoms with E-state index < -0.39 is 110 Å². The molecular formula is C31H45N3O17. The smallest absolute Gasteiger partial charge is 0.335 e. The Labute approximate surface area is 293 Å². The molecule has 11 atom stereocenters. The van der Waals surface area contributed by atoms with Gasteiger partial charge in [0, 0.05) is 47.1 Å². The summed E-state index contributed by atoms with van der Waals surface area (Å²) in [6.07, 6.45) is -11.8. The summed E-state index contributed by atoms with van der Waals surface area (Å²) < 4.78 is 58.4. The molecule has 0 radical (unpaired) electrons. The summed E-state index contributed by atoms with van der Waals surface area (Å²) in [5.41, 5.74) is 0.242. The summed E-state index contributed by atoms with van der Waals surface area (Å²) in [6, 6.07) is 0. The molecule has 3 heterocycles. The number of aliphatic hydroxyl groups is 1. The SMILES string of the molecule is CCO[C@H]1OC(COC(C)=O)[C@@H](O[C@H]2OC(Cn3cc(COC(=O)C(C)O)nn3)[C@@H](C)C(OC(C)=O)[C@@H]2OC(C)=O)C(OC(C)=O)[C@@H]1OC(C)=O. The lowest BCUT2D eigenvalue weighted by Gasteiger charge is -2.48. The lowest BCUT2D eigenvalue weighted by molar-refractivity contribution is -0.356. The van der Waals surface area contributed by atoms with Gasteiger partial charge >= 0.3 is 35.8 Å². The predicted molar refractivity (Wildman–Crippen MR) is 163 cm³/mol. The second-order valence-corrected chi connectivity index (χ2v) is 11.8. The molecule has 0 bridgehead atoms. The highest BCUT2D eigenvalue weighted by molar-refractivity contribution is 5.73. The van der Waals surface area contributed by atoms with Crippen molar-refractivity contribution in [3.8, 4) is 0 Å². The molecule has 20 heteroatoms. The average molecular weight is 732 g/mol. The average Bonchev–Trinajstić information content (AvgIpc) is 3.48. The Bertz CT molecular complexity index is 1380. The molecule has 1 N–H and O–H groups in total. The molecule has 1 aromatic heterocycles. The van der Waals surface area contributed by atoms with Crippen LogP contribution in [-0.4, -0.2) is 131 Å². The van der Waals surface area contributed by atoms with Gasteiger partial charge in [0.05, 0.1) is 18.8 Å². The minimum Gasteiger partial charge on any atom is -0.463 e. The van der Waals surface area contributed by atoms with Gasteiger partial charge in [-0.2, -0.15) is 0 Å². The third kappa shape index (κ3) is 11.9. The van der Waals surface area contributed by atoms with E-state index in [4.69, 9.17) is 47.4 Å². The first-order chi connectivity index (χ1) is 24.0. The van der Waals surface area contributed by atoms with Crippen molar-refractivity contribution in [2.24, 2.45) is 5.92 Å². The van der Waals surface area contributed by atoms with E-state index in [1.807, 2.05) is 0 Å². The first-order valence-electron chi connectivity index (χ1n) is 16.1. The van der Waals surface area contributed by atoms with E-state index >= 15 is 0 Å². The third-order valence-corrected chi connectivity index (χ3v) is 7.53. The monoisotopic (exact) mass is 731 g/mol. The van der Waals surface area contributed by atoms with Crippen molar-refractivity contribution in [3.63, 3.8) is 0 Å². The maximum Gasteiger partial charge on any atom is 0.335 e. The summed E-state index contributed by atoms with van der Waals surface area (Å²) in [5, 5.41) is 17.4. The summed E-state index contributed by atoms with van der Waals surface area (Å²) in [7, 11) is 0. The predicted octanol–water partition coefficient (Wildman–Crippen LogP) is -0.500. The van der Waals surface area contributed by atoms with Crippen molar-refractivity contribution in [2.45, 2.75) is 130 Å². The fourth-order valence-electron chi connectivity index (χ4n) is 5.45. The Morgan fingerprint density at radius 3 is 1.88 bits per heavy atom. The minimum absolute atomic E-state index is 0.0448. The number of ether oxygens (including phenoxy) is 10. The fraction of sp³-hybridized carbons (Fsp3) is 0.742. The zero-order chi connectivity index (χ0) is 38.0. The van der Waals surface area contributed by atoms with Crippen LogP contribution in [0.2, 0.25) is 0 Å². The van der Waals surface area contributed by atoms with Gasteiger partial charge in [-0.1, -0.05) is 12.1 Å². The van der Waals surface area contributed by atoms with Crippen molar-refractivity contribution in [1.82, 2.24) is 15.0 Å². The highest BCUT2D eigenvalue weighted by Crippen LogP contribution is 2.36. The molecule has 2 fully saturated rings. The Morgan fingerprint density at radius 1 is 0.784 bits per heavy atom.